The van der Waals surface area contributed by atoms with E-state index in [4.69, 9.17) is 0 Å². The summed E-state index contributed by atoms with van der Waals surface area (Å²) < 4.78 is 2.56. The SMILES string of the molecule is CCN(c1cccc(C)c1)c1c(C)cnc2c1c(=O)n(C)c(=O)n2C. The molecule has 3 rings (SSSR count). The Morgan fingerprint density at radius 1 is 1.12 bits per heavy atom. The van der Waals surface area contributed by atoms with Crippen molar-refractivity contribution in [3.63, 3.8) is 0 Å². The summed E-state index contributed by atoms with van der Waals surface area (Å²) in [6, 6.07) is 8.15. The molecule has 0 radical (unpaired) electrons. The fourth-order valence-electron chi connectivity index (χ4n) is 3.22. The van der Waals surface area contributed by atoms with Gasteiger partial charge in [-0.25, -0.2) is 9.78 Å². The summed E-state index contributed by atoms with van der Waals surface area (Å²) in [5.74, 6) is 0. The summed E-state index contributed by atoms with van der Waals surface area (Å²) in [5, 5.41) is 0.466. The van der Waals surface area contributed by atoms with Gasteiger partial charge in [0.15, 0.2) is 5.65 Å². The van der Waals surface area contributed by atoms with E-state index in [1.54, 1.807) is 13.2 Å². The maximum absolute atomic E-state index is 12.9. The third kappa shape index (κ3) is 2.63. The smallest absolute Gasteiger partial charge is 0.332 e. The first kappa shape index (κ1) is 17.0. The quantitative estimate of drug-likeness (QED) is 0.736. The van der Waals surface area contributed by atoms with Crippen LogP contribution in [-0.4, -0.2) is 20.7 Å². The van der Waals surface area contributed by atoms with Gasteiger partial charge in [-0.3, -0.25) is 13.9 Å². The van der Waals surface area contributed by atoms with E-state index in [1.165, 1.54) is 11.6 Å². The van der Waals surface area contributed by atoms with Gasteiger partial charge in [0.05, 0.1) is 5.69 Å². The first-order valence-corrected chi connectivity index (χ1v) is 8.26. The average molecular weight is 338 g/mol. The molecule has 0 aliphatic rings. The lowest BCUT2D eigenvalue weighted by Crippen LogP contribution is -2.38. The molecule has 25 heavy (non-hydrogen) atoms. The molecule has 3 aromatic rings. The number of aromatic nitrogens is 3. The van der Waals surface area contributed by atoms with E-state index in [0.29, 0.717) is 17.6 Å². The van der Waals surface area contributed by atoms with E-state index in [9.17, 15) is 9.59 Å². The standard InChI is InChI=1S/C19H22N4O2/c1-6-23(14-9-7-8-12(2)10-14)16-13(3)11-20-17-15(16)18(24)22(5)19(25)21(17)4/h7-11H,6H2,1-5H3. The third-order valence-corrected chi connectivity index (χ3v) is 4.52. The zero-order valence-electron chi connectivity index (χ0n) is 15.2. The number of hydrogen-bond acceptors (Lipinski definition) is 4. The number of aryl methyl sites for hydroxylation is 3. The minimum atomic E-state index is -0.376. The fourth-order valence-corrected chi connectivity index (χ4v) is 3.22. The lowest BCUT2D eigenvalue weighted by Gasteiger charge is -2.27. The molecular formula is C19H22N4O2. The molecule has 6 nitrogen and oxygen atoms in total. The van der Waals surface area contributed by atoms with Crippen LogP contribution in [0.3, 0.4) is 0 Å². The molecule has 0 fully saturated rings. The molecule has 0 amide bonds. The highest BCUT2D eigenvalue weighted by atomic mass is 16.2. The summed E-state index contributed by atoms with van der Waals surface area (Å²) in [7, 11) is 3.14. The van der Waals surface area contributed by atoms with E-state index in [0.717, 1.165) is 27.1 Å². The summed E-state index contributed by atoms with van der Waals surface area (Å²) in [6.07, 6.45) is 1.72. The van der Waals surface area contributed by atoms with Crippen LogP contribution in [0.25, 0.3) is 11.0 Å². The molecule has 0 aliphatic heterocycles. The van der Waals surface area contributed by atoms with Gasteiger partial charge in [-0.05, 0) is 44.0 Å². The van der Waals surface area contributed by atoms with E-state index >= 15 is 0 Å². The predicted molar refractivity (Wildman–Crippen MR) is 101 cm³/mol. The fraction of sp³-hybridized carbons (Fsp3) is 0.316. The number of fused-ring (bicyclic) bond motifs is 1. The van der Waals surface area contributed by atoms with Crippen LogP contribution >= 0.6 is 0 Å². The van der Waals surface area contributed by atoms with Gasteiger partial charge in [0.1, 0.15) is 5.39 Å². The van der Waals surface area contributed by atoms with Crippen molar-refractivity contribution in [3.05, 3.63) is 62.4 Å². The van der Waals surface area contributed by atoms with Crippen molar-refractivity contribution >= 4 is 22.4 Å². The van der Waals surface area contributed by atoms with Crippen LogP contribution in [0.4, 0.5) is 11.4 Å². The maximum atomic E-state index is 12.9. The summed E-state index contributed by atoms with van der Waals surface area (Å²) >= 11 is 0. The Kier molecular flexibility index (Phi) is 4.20. The highest BCUT2D eigenvalue weighted by Gasteiger charge is 2.20. The molecule has 6 heteroatoms. The van der Waals surface area contributed by atoms with Crippen molar-refractivity contribution in [2.24, 2.45) is 14.1 Å². The van der Waals surface area contributed by atoms with Gasteiger partial charge in [0.2, 0.25) is 0 Å². The van der Waals surface area contributed by atoms with E-state index in [1.807, 2.05) is 39.0 Å². The highest BCUT2D eigenvalue weighted by Crippen LogP contribution is 2.32. The van der Waals surface area contributed by atoms with Crippen molar-refractivity contribution in [3.8, 4) is 0 Å². The predicted octanol–water partition coefficient (Wildman–Crippen LogP) is 2.41. The molecule has 0 atom stereocenters. The molecule has 2 heterocycles. The summed E-state index contributed by atoms with van der Waals surface area (Å²) in [4.78, 5) is 31.6. The van der Waals surface area contributed by atoms with Crippen LogP contribution in [0.15, 0.2) is 40.1 Å². The number of anilines is 2. The zero-order chi connectivity index (χ0) is 18.3. The Bertz CT molecular complexity index is 1080. The number of nitrogens with zero attached hydrogens (tertiary/aromatic N) is 4. The van der Waals surface area contributed by atoms with Gasteiger partial charge in [-0.15, -0.1) is 0 Å². The van der Waals surface area contributed by atoms with Crippen molar-refractivity contribution in [1.29, 1.82) is 0 Å². The molecule has 1 aromatic carbocycles. The minimum absolute atomic E-state index is 0.324. The van der Waals surface area contributed by atoms with Crippen LogP contribution in [0.2, 0.25) is 0 Å². The largest absolute Gasteiger partial charge is 0.341 e. The van der Waals surface area contributed by atoms with Gasteiger partial charge >= 0.3 is 5.69 Å². The molecule has 0 unspecified atom stereocenters. The molecule has 0 saturated heterocycles. The maximum Gasteiger partial charge on any atom is 0.332 e. The molecule has 130 valence electrons. The summed E-state index contributed by atoms with van der Waals surface area (Å²) in [6.45, 7) is 6.71. The Labute approximate surface area is 146 Å². The second-order valence-corrected chi connectivity index (χ2v) is 6.28. The minimum Gasteiger partial charge on any atom is -0.341 e. The van der Waals surface area contributed by atoms with Crippen molar-refractivity contribution in [2.75, 3.05) is 11.4 Å². The van der Waals surface area contributed by atoms with E-state index < -0.39 is 0 Å². The van der Waals surface area contributed by atoms with Crippen LogP contribution < -0.4 is 16.1 Å². The number of benzene rings is 1. The van der Waals surface area contributed by atoms with E-state index in [2.05, 4.69) is 16.0 Å². The van der Waals surface area contributed by atoms with Crippen molar-refractivity contribution < 1.29 is 0 Å². The lowest BCUT2D eigenvalue weighted by molar-refractivity contribution is 0.707. The highest BCUT2D eigenvalue weighted by molar-refractivity contribution is 5.93. The second-order valence-electron chi connectivity index (χ2n) is 6.28. The van der Waals surface area contributed by atoms with Crippen LogP contribution in [0.5, 0.6) is 0 Å². The Hall–Kier alpha value is -2.89. The monoisotopic (exact) mass is 338 g/mol. The number of pyridine rings is 1. The van der Waals surface area contributed by atoms with Gasteiger partial charge in [0.25, 0.3) is 5.56 Å². The van der Waals surface area contributed by atoms with Crippen molar-refractivity contribution in [1.82, 2.24) is 14.1 Å². The first-order valence-electron chi connectivity index (χ1n) is 8.26. The van der Waals surface area contributed by atoms with Gasteiger partial charge < -0.3 is 4.90 Å². The Morgan fingerprint density at radius 2 is 1.84 bits per heavy atom. The molecule has 0 spiro atoms. The third-order valence-electron chi connectivity index (χ3n) is 4.52. The lowest BCUT2D eigenvalue weighted by atomic mass is 10.1. The zero-order valence-corrected chi connectivity index (χ0v) is 15.2. The topological polar surface area (TPSA) is 60.1 Å². The van der Waals surface area contributed by atoms with Gasteiger partial charge in [0, 0.05) is 32.5 Å². The van der Waals surface area contributed by atoms with Gasteiger partial charge in [-0.2, -0.15) is 0 Å². The molecule has 0 saturated carbocycles. The molecule has 0 aliphatic carbocycles. The van der Waals surface area contributed by atoms with Crippen molar-refractivity contribution in [2.45, 2.75) is 20.8 Å². The summed E-state index contributed by atoms with van der Waals surface area (Å²) in [5.41, 5.74) is 3.55. The Balaban J connectivity index is 2.45. The Morgan fingerprint density at radius 3 is 2.48 bits per heavy atom. The van der Waals surface area contributed by atoms with E-state index in [-0.39, 0.29) is 11.2 Å². The first-order chi connectivity index (χ1) is 11.9. The number of hydrogen-bond donors (Lipinski definition) is 0. The molecule has 0 N–H and O–H groups in total. The molecule has 2 aromatic heterocycles. The van der Waals surface area contributed by atoms with Crippen LogP contribution in [0.1, 0.15) is 18.1 Å². The molecule has 0 bridgehead atoms. The average Bonchev–Trinajstić information content (AvgIpc) is 2.60. The van der Waals surface area contributed by atoms with Crippen LogP contribution in [-0.2, 0) is 14.1 Å². The van der Waals surface area contributed by atoms with Gasteiger partial charge in [-0.1, -0.05) is 12.1 Å². The van der Waals surface area contributed by atoms with Crippen LogP contribution in [0, 0.1) is 13.8 Å². The number of rotatable bonds is 3. The second kappa shape index (κ2) is 6.20. The normalized spacial score (nSPS) is 11.1. The molecular weight excluding hydrogens is 316 g/mol.